The van der Waals surface area contributed by atoms with E-state index < -0.39 is 57.9 Å². The molecule has 4 N–H and O–H groups in total. The van der Waals surface area contributed by atoms with Gasteiger partial charge in [0.25, 0.3) is 0 Å². The summed E-state index contributed by atoms with van der Waals surface area (Å²) in [6.07, 6.45) is 49.4. The van der Waals surface area contributed by atoms with Crippen LogP contribution in [-0.2, 0) is 32.7 Å². The van der Waals surface area contributed by atoms with Crippen molar-refractivity contribution in [3.63, 3.8) is 0 Å². The summed E-state index contributed by atoms with van der Waals surface area (Å²) in [5, 5.41) is 28.3. The van der Waals surface area contributed by atoms with Crippen molar-refractivity contribution < 1.29 is 52.9 Å². The Balaban J connectivity index is 4.54. The maximum Gasteiger partial charge on any atom is 0.472 e. The quantitative estimate of drug-likeness (QED) is 0.0153. The van der Waals surface area contributed by atoms with Gasteiger partial charge in [0, 0.05) is 12.8 Å². The second kappa shape index (κ2) is 42.3. The number of ether oxygens (including phenoxy) is 2. The van der Waals surface area contributed by atoms with E-state index in [4.69, 9.17) is 19.1 Å². The first-order valence-electron chi connectivity index (χ1n) is 22.0. The Labute approximate surface area is 361 Å². The van der Waals surface area contributed by atoms with Gasteiger partial charge in [-0.1, -0.05) is 142 Å². The van der Waals surface area contributed by atoms with Crippen molar-refractivity contribution in [2.24, 2.45) is 0 Å². The Morgan fingerprint density at radius 1 is 0.583 bits per heavy atom. The molecule has 340 valence electrons. The maximum atomic E-state index is 12.6. The first kappa shape index (κ1) is 56.6. The van der Waals surface area contributed by atoms with Gasteiger partial charge in [-0.25, -0.2) is 4.57 Å². The minimum Gasteiger partial charge on any atom is -0.462 e. The number of carbonyl (C=O) groups is 2. The molecule has 0 aromatic heterocycles. The fraction of sp³-hybridized carbons (Fsp3) is 0.583. The van der Waals surface area contributed by atoms with E-state index in [9.17, 15) is 29.3 Å². The molecule has 0 spiro atoms. The molecule has 2 unspecified atom stereocenters. The molecule has 0 saturated carbocycles. The standard InChI is InChI=1S/C48H77O11P/c1-3-5-7-9-11-12-13-14-15-16-17-18-19-20-21-22-27-31-35-39-48(53)59-46(43-58-60(54,55)57-41-45(51)40-49)42-56-47(52)38-34-30-26-24-23-25-29-33-37-44(50)36-32-28-10-8-6-4-2/h6,8,11-12,14-15,17-18,20-21,24-26,28-29,32-33,37,44-46,49-51H,3-5,7,9-10,13,16,19,22-23,27,30-31,34-36,38-43H2,1-2H3,(H,54,55)/b8-6-,12-11-,15-14-,18-17-,21-20-,26-24-,29-25-,32-28-,37-33+/t44?,45-,46+/m0/s1. The highest BCUT2D eigenvalue weighted by Crippen LogP contribution is 2.43. The van der Waals surface area contributed by atoms with Crippen molar-refractivity contribution in [1.29, 1.82) is 0 Å². The summed E-state index contributed by atoms with van der Waals surface area (Å²) in [7, 11) is -4.66. The number of unbranched alkanes of at least 4 members (excludes halogenated alkanes) is 7. The van der Waals surface area contributed by atoms with Gasteiger partial charge < -0.3 is 29.7 Å². The Morgan fingerprint density at radius 2 is 1.12 bits per heavy atom. The summed E-state index contributed by atoms with van der Waals surface area (Å²) in [6, 6.07) is 0. The zero-order chi connectivity index (χ0) is 44.2. The molecule has 0 amide bonds. The zero-order valence-corrected chi connectivity index (χ0v) is 37.4. The van der Waals surface area contributed by atoms with Crippen LogP contribution < -0.4 is 0 Å². The van der Waals surface area contributed by atoms with Crippen LogP contribution >= 0.6 is 7.82 Å². The van der Waals surface area contributed by atoms with Crippen LogP contribution in [0.5, 0.6) is 0 Å². The van der Waals surface area contributed by atoms with Crippen LogP contribution in [0.15, 0.2) is 109 Å². The lowest BCUT2D eigenvalue weighted by Gasteiger charge is -2.20. The maximum absolute atomic E-state index is 12.6. The van der Waals surface area contributed by atoms with Crippen molar-refractivity contribution in [3.05, 3.63) is 109 Å². The topological polar surface area (TPSA) is 169 Å². The van der Waals surface area contributed by atoms with E-state index in [1.54, 1.807) is 6.08 Å². The minimum absolute atomic E-state index is 0.115. The Kier molecular flexibility index (Phi) is 39.9. The molecule has 4 atom stereocenters. The van der Waals surface area contributed by atoms with E-state index in [1.165, 1.54) is 25.7 Å². The predicted octanol–water partition coefficient (Wildman–Crippen LogP) is 10.7. The van der Waals surface area contributed by atoms with Gasteiger partial charge in [0.15, 0.2) is 6.10 Å². The summed E-state index contributed by atoms with van der Waals surface area (Å²) < 4.78 is 32.6. The number of aliphatic hydroxyl groups excluding tert-OH is 3. The van der Waals surface area contributed by atoms with Crippen LogP contribution in [0.4, 0.5) is 0 Å². The molecule has 0 aromatic rings. The smallest absolute Gasteiger partial charge is 0.462 e. The van der Waals surface area contributed by atoms with E-state index in [0.717, 1.165) is 51.4 Å². The van der Waals surface area contributed by atoms with Crippen LogP contribution in [0, 0.1) is 0 Å². The molecule has 12 heteroatoms. The molecule has 0 aliphatic rings. The largest absolute Gasteiger partial charge is 0.472 e. The number of aliphatic hydroxyl groups is 3. The summed E-state index contributed by atoms with van der Waals surface area (Å²) >= 11 is 0. The molecule has 0 radical (unpaired) electrons. The Morgan fingerprint density at radius 3 is 1.73 bits per heavy atom. The van der Waals surface area contributed by atoms with Gasteiger partial charge in [-0.05, 0) is 89.9 Å². The first-order valence-corrected chi connectivity index (χ1v) is 23.4. The SMILES string of the molecule is CC/C=C\C/C=C\CC(O)/C=C/C=C\C/C=C\CCCC(=O)OC[C@H](COP(=O)(O)OC[C@@H](O)CO)OC(=O)CCCCC/C=C\C/C=C\C/C=C\C/C=C\CCCCC. The highest BCUT2D eigenvalue weighted by Gasteiger charge is 2.27. The molecule has 0 rings (SSSR count). The minimum atomic E-state index is -4.66. The summed E-state index contributed by atoms with van der Waals surface area (Å²) in [5.41, 5.74) is 0. The zero-order valence-electron chi connectivity index (χ0n) is 36.5. The van der Waals surface area contributed by atoms with E-state index in [-0.39, 0.29) is 19.4 Å². The predicted molar refractivity (Wildman–Crippen MR) is 243 cm³/mol. The Bertz CT molecular complexity index is 1380. The number of phosphoric ester groups is 1. The lowest BCUT2D eigenvalue weighted by Crippen LogP contribution is -2.29. The molecule has 0 heterocycles. The molecule has 0 aliphatic carbocycles. The van der Waals surface area contributed by atoms with Crippen molar-refractivity contribution in [1.82, 2.24) is 0 Å². The van der Waals surface area contributed by atoms with Gasteiger partial charge in [0.1, 0.15) is 12.7 Å². The van der Waals surface area contributed by atoms with Crippen molar-refractivity contribution in [2.45, 2.75) is 154 Å². The van der Waals surface area contributed by atoms with Crippen LogP contribution in [0.25, 0.3) is 0 Å². The molecule has 0 aliphatic heterocycles. The van der Waals surface area contributed by atoms with Crippen molar-refractivity contribution in [2.75, 3.05) is 26.4 Å². The summed E-state index contributed by atoms with van der Waals surface area (Å²) in [4.78, 5) is 35.0. The third-order valence-electron chi connectivity index (χ3n) is 8.49. The highest BCUT2D eigenvalue weighted by molar-refractivity contribution is 7.47. The van der Waals surface area contributed by atoms with Crippen LogP contribution in [-0.4, -0.2) is 76.9 Å². The first-order chi connectivity index (χ1) is 29.1. The number of allylic oxidation sites excluding steroid dienone is 16. The lowest BCUT2D eigenvalue weighted by atomic mass is 10.1. The number of esters is 2. The van der Waals surface area contributed by atoms with E-state index >= 15 is 0 Å². The molecule has 0 fully saturated rings. The number of hydrogen-bond acceptors (Lipinski definition) is 10. The van der Waals surface area contributed by atoms with E-state index in [1.807, 2.05) is 42.5 Å². The van der Waals surface area contributed by atoms with Crippen LogP contribution in [0.3, 0.4) is 0 Å². The number of phosphoric acid groups is 1. The summed E-state index contributed by atoms with van der Waals surface area (Å²) in [5.74, 6) is -1.08. The lowest BCUT2D eigenvalue weighted by molar-refractivity contribution is -0.161. The number of carbonyl (C=O) groups excluding carboxylic acids is 2. The normalized spacial score (nSPS) is 15.4. The molecule has 60 heavy (non-hydrogen) atoms. The molecule has 0 aromatic carbocycles. The van der Waals surface area contributed by atoms with Gasteiger partial charge in [-0.2, -0.15) is 0 Å². The van der Waals surface area contributed by atoms with Crippen LogP contribution in [0.2, 0.25) is 0 Å². The second-order valence-electron chi connectivity index (χ2n) is 14.2. The fourth-order valence-corrected chi connectivity index (χ4v) is 5.88. The van der Waals surface area contributed by atoms with E-state index in [0.29, 0.717) is 32.1 Å². The van der Waals surface area contributed by atoms with E-state index in [2.05, 4.69) is 79.1 Å². The van der Waals surface area contributed by atoms with Gasteiger partial charge >= 0.3 is 19.8 Å². The van der Waals surface area contributed by atoms with Crippen molar-refractivity contribution in [3.8, 4) is 0 Å². The Hall–Kier alpha value is -3.41. The van der Waals surface area contributed by atoms with Gasteiger partial charge in [-0.3, -0.25) is 18.6 Å². The molecular weight excluding hydrogens is 783 g/mol. The monoisotopic (exact) mass is 861 g/mol. The number of hydrogen-bond donors (Lipinski definition) is 4. The fourth-order valence-electron chi connectivity index (χ4n) is 5.09. The highest BCUT2D eigenvalue weighted by atomic mass is 31.2. The molecule has 0 saturated heterocycles. The van der Waals surface area contributed by atoms with Gasteiger partial charge in [-0.15, -0.1) is 0 Å². The average molecular weight is 861 g/mol. The van der Waals surface area contributed by atoms with Crippen LogP contribution in [0.1, 0.15) is 136 Å². The van der Waals surface area contributed by atoms with Gasteiger partial charge in [0.05, 0.1) is 25.9 Å². The third-order valence-corrected chi connectivity index (χ3v) is 9.44. The number of rotatable bonds is 39. The second-order valence-corrected chi connectivity index (χ2v) is 15.6. The average Bonchev–Trinajstić information content (AvgIpc) is 3.23. The summed E-state index contributed by atoms with van der Waals surface area (Å²) in [6.45, 7) is 2.01. The van der Waals surface area contributed by atoms with Gasteiger partial charge in [0.2, 0.25) is 0 Å². The molecular formula is C48H77O11P. The van der Waals surface area contributed by atoms with Crippen molar-refractivity contribution >= 4 is 19.8 Å². The molecule has 0 bridgehead atoms. The molecule has 11 nitrogen and oxygen atoms in total. The third kappa shape index (κ3) is 41.3.